The number of nitrogens with one attached hydrogen (secondary N) is 2. The lowest BCUT2D eigenvalue weighted by Crippen LogP contribution is -2.43. The maximum absolute atomic E-state index is 12.2. The van der Waals surface area contributed by atoms with Crippen molar-refractivity contribution in [3.8, 4) is 0 Å². The molecular weight excluding hydrogens is 358 g/mol. The van der Waals surface area contributed by atoms with Gasteiger partial charge in [0.15, 0.2) is 6.04 Å². The highest BCUT2D eigenvalue weighted by Gasteiger charge is 2.31. The normalized spacial score (nSPS) is 17.8. The van der Waals surface area contributed by atoms with Crippen LogP contribution in [0.1, 0.15) is 38.9 Å². The molecular formula is C16H19N5O4S. The number of aliphatic hydroxyl groups is 1. The van der Waals surface area contributed by atoms with Crippen LogP contribution in [0.25, 0.3) is 0 Å². The van der Waals surface area contributed by atoms with Gasteiger partial charge in [0.05, 0.1) is 11.5 Å². The SMILES string of the molecule is CC(c1ccc(C(=O)N[C@@H](CO)C(=O)O)s1)C1CNc2nc(N)ncc21. The van der Waals surface area contributed by atoms with E-state index in [0.29, 0.717) is 11.4 Å². The van der Waals surface area contributed by atoms with Gasteiger partial charge in [0, 0.05) is 29.1 Å². The number of fused-ring (bicyclic) bond motifs is 1. The summed E-state index contributed by atoms with van der Waals surface area (Å²) in [5.74, 6) is -0.595. The number of nitrogens with two attached hydrogens (primary N) is 1. The summed E-state index contributed by atoms with van der Waals surface area (Å²) in [6, 6.07) is 2.19. The summed E-state index contributed by atoms with van der Waals surface area (Å²) in [4.78, 5) is 32.7. The van der Waals surface area contributed by atoms with Crippen molar-refractivity contribution in [2.75, 3.05) is 24.2 Å². The Morgan fingerprint density at radius 2 is 2.27 bits per heavy atom. The number of carbonyl (C=O) groups is 2. The number of aromatic nitrogens is 2. The molecule has 1 aliphatic rings. The first-order valence-corrected chi connectivity index (χ1v) is 8.83. The molecule has 0 radical (unpaired) electrons. The van der Waals surface area contributed by atoms with E-state index in [-0.39, 0.29) is 17.8 Å². The summed E-state index contributed by atoms with van der Waals surface area (Å²) < 4.78 is 0. The van der Waals surface area contributed by atoms with Crippen LogP contribution in [0.5, 0.6) is 0 Å². The van der Waals surface area contributed by atoms with Gasteiger partial charge in [-0.25, -0.2) is 9.78 Å². The van der Waals surface area contributed by atoms with Crippen LogP contribution < -0.4 is 16.4 Å². The van der Waals surface area contributed by atoms with E-state index in [1.165, 1.54) is 11.3 Å². The van der Waals surface area contributed by atoms with Gasteiger partial charge in [0.2, 0.25) is 5.95 Å². The standard InChI is InChI=1S/C16H19N5O4S/c1-7(8-4-18-13-9(8)5-19-16(17)21-13)11-2-3-12(26-11)14(23)20-10(6-22)15(24)25/h2-3,5,7-8,10,22H,4,6H2,1H3,(H,20,23)(H,24,25)(H3,17,18,19,21)/t7?,8?,10-/m0/s1. The molecule has 0 spiro atoms. The van der Waals surface area contributed by atoms with Crippen LogP contribution in [-0.2, 0) is 4.79 Å². The minimum absolute atomic E-state index is 0.107. The molecule has 2 aromatic heterocycles. The van der Waals surface area contributed by atoms with E-state index in [9.17, 15) is 9.59 Å². The summed E-state index contributed by atoms with van der Waals surface area (Å²) in [6.45, 7) is 2.09. The van der Waals surface area contributed by atoms with Crippen molar-refractivity contribution in [1.29, 1.82) is 0 Å². The number of hydrogen-bond acceptors (Lipinski definition) is 8. The van der Waals surface area contributed by atoms with E-state index in [0.717, 1.165) is 16.3 Å². The van der Waals surface area contributed by atoms with Gasteiger partial charge < -0.3 is 26.6 Å². The largest absolute Gasteiger partial charge is 0.480 e. The number of rotatable bonds is 6. The highest BCUT2D eigenvalue weighted by molar-refractivity contribution is 7.14. The van der Waals surface area contributed by atoms with E-state index in [1.54, 1.807) is 12.3 Å². The van der Waals surface area contributed by atoms with Crippen LogP contribution in [-0.4, -0.2) is 51.3 Å². The zero-order valence-electron chi connectivity index (χ0n) is 14.0. The maximum atomic E-state index is 12.2. The molecule has 0 aliphatic carbocycles. The van der Waals surface area contributed by atoms with Gasteiger partial charge in [0.25, 0.3) is 5.91 Å². The maximum Gasteiger partial charge on any atom is 0.328 e. The highest BCUT2D eigenvalue weighted by atomic mass is 32.1. The molecule has 0 saturated carbocycles. The van der Waals surface area contributed by atoms with Crippen LogP contribution in [0.2, 0.25) is 0 Å². The van der Waals surface area contributed by atoms with Crippen molar-refractivity contribution in [2.45, 2.75) is 24.8 Å². The topological polar surface area (TPSA) is 150 Å². The lowest BCUT2D eigenvalue weighted by atomic mass is 9.89. The van der Waals surface area contributed by atoms with Gasteiger partial charge in [-0.3, -0.25) is 4.79 Å². The first kappa shape index (κ1) is 18.1. The Hall–Kier alpha value is -2.72. The van der Waals surface area contributed by atoms with Gasteiger partial charge in [-0.1, -0.05) is 6.92 Å². The number of anilines is 2. The molecule has 2 unspecified atom stereocenters. The number of hydrogen-bond donors (Lipinski definition) is 5. The molecule has 0 saturated heterocycles. The molecule has 3 atom stereocenters. The first-order valence-electron chi connectivity index (χ1n) is 8.01. The first-order chi connectivity index (χ1) is 12.4. The number of aliphatic carboxylic acids is 1. The fraction of sp³-hybridized carbons (Fsp3) is 0.375. The minimum atomic E-state index is -1.32. The zero-order chi connectivity index (χ0) is 18.8. The lowest BCUT2D eigenvalue weighted by molar-refractivity contribution is -0.140. The Kier molecular flexibility index (Phi) is 5.05. The van der Waals surface area contributed by atoms with E-state index in [4.69, 9.17) is 15.9 Å². The Balaban J connectivity index is 1.74. The second kappa shape index (κ2) is 7.26. The number of carboxylic acid groups (broad SMARTS) is 1. The van der Waals surface area contributed by atoms with Gasteiger partial charge in [-0.15, -0.1) is 11.3 Å². The monoisotopic (exact) mass is 377 g/mol. The number of nitrogen functional groups attached to an aromatic ring is 1. The number of thiophene rings is 1. The van der Waals surface area contributed by atoms with Crippen LogP contribution in [0.3, 0.4) is 0 Å². The average Bonchev–Trinajstić information content (AvgIpc) is 3.25. The third-order valence-corrected chi connectivity index (χ3v) is 5.70. The zero-order valence-corrected chi connectivity index (χ0v) is 14.8. The third kappa shape index (κ3) is 3.46. The second-order valence-electron chi connectivity index (χ2n) is 6.06. The number of carboxylic acids is 1. The van der Waals surface area contributed by atoms with Crippen molar-refractivity contribution in [1.82, 2.24) is 15.3 Å². The van der Waals surface area contributed by atoms with Gasteiger partial charge in [0.1, 0.15) is 5.82 Å². The van der Waals surface area contributed by atoms with Crippen molar-refractivity contribution >= 4 is 35.0 Å². The number of carbonyl (C=O) groups excluding carboxylic acids is 1. The predicted octanol–water partition coefficient (Wildman–Crippen LogP) is 0.608. The van der Waals surface area contributed by atoms with Crippen LogP contribution in [0, 0.1) is 0 Å². The van der Waals surface area contributed by atoms with Crippen LogP contribution in [0.4, 0.5) is 11.8 Å². The van der Waals surface area contributed by atoms with Crippen molar-refractivity contribution < 1.29 is 19.8 Å². The number of aliphatic hydroxyl groups excluding tert-OH is 1. The molecule has 10 heteroatoms. The molecule has 3 heterocycles. The van der Waals surface area contributed by atoms with E-state index < -0.39 is 24.5 Å². The van der Waals surface area contributed by atoms with Gasteiger partial charge in [-0.2, -0.15) is 4.98 Å². The molecule has 0 fully saturated rings. The molecule has 2 aromatic rings. The Morgan fingerprint density at radius 3 is 2.96 bits per heavy atom. The van der Waals surface area contributed by atoms with Gasteiger partial charge >= 0.3 is 5.97 Å². The summed E-state index contributed by atoms with van der Waals surface area (Å²) in [7, 11) is 0. The van der Waals surface area contributed by atoms with E-state index in [1.807, 2.05) is 6.07 Å². The number of amides is 1. The second-order valence-corrected chi connectivity index (χ2v) is 7.17. The van der Waals surface area contributed by atoms with Gasteiger partial charge in [-0.05, 0) is 18.1 Å². The Bertz CT molecular complexity index is 840. The third-order valence-electron chi connectivity index (χ3n) is 4.41. The average molecular weight is 377 g/mol. The molecule has 138 valence electrons. The predicted molar refractivity (Wildman–Crippen MR) is 96.4 cm³/mol. The smallest absolute Gasteiger partial charge is 0.328 e. The molecule has 1 aliphatic heterocycles. The minimum Gasteiger partial charge on any atom is -0.480 e. The van der Waals surface area contributed by atoms with E-state index >= 15 is 0 Å². The quantitative estimate of drug-likeness (QED) is 0.491. The fourth-order valence-corrected chi connectivity index (χ4v) is 3.94. The van der Waals surface area contributed by atoms with Crippen LogP contribution >= 0.6 is 11.3 Å². The molecule has 9 nitrogen and oxygen atoms in total. The Morgan fingerprint density at radius 1 is 1.50 bits per heavy atom. The number of nitrogens with zero attached hydrogens (tertiary/aromatic N) is 2. The lowest BCUT2D eigenvalue weighted by Gasteiger charge is -2.17. The van der Waals surface area contributed by atoms with Crippen LogP contribution in [0.15, 0.2) is 18.3 Å². The molecule has 1 amide bonds. The summed E-state index contributed by atoms with van der Waals surface area (Å²) in [6.07, 6.45) is 1.72. The van der Waals surface area contributed by atoms with E-state index in [2.05, 4.69) is 27.5 Å². The highest BCUT2D eigenvalue weighted by Crippen LogP contribution is 2.41. The molecule has 6 N–H and O–H groups in total. The summed E-state index contributed by atoms with van der Waals surface area (Å²) >= 11 is 1.30. The molecule has 0 bridgehead atoms. The summed E-state index contributed by atoms with van der Waals surface area (Å²) in [5, 5.41) is 23.5. The molecule has 26 heavy (non-hydrogen) atoms. The molecule has 3 rings (SSSR count). The summed E-state index contributed by atoms with van der Waals surface area (Å²) in [5.41, 5.74) is 6.59. The van der Waals surface area contributed by atoms with Crippen molar-refractivity contribution in [2.24, 2.45) is 0 Å². The molecule has 0 aromatic carbocycles. The fourth-order valence-electron chi connectivity index (χ4n) is 2.91. The van der Waals surface area contributed by atoms with Crippen molar-refractivity contribution in [3.05, 3.63) is 33.6 Å². The van der Waals surface area contributed by atoms with Crippen molar-refractivity contribution in [3.63, 3.8) is 0 Å². The Labute approximate surface area is 153 Å².